The first-order chi connectivity index (χ1) is 4.31. The second-order valence-corrected chi connectivity index (χ2v) is 3.80. The van der Waals surface area contributed by atoms with Crippen molar-refractivity contribution in [2.45, 2.75) is 38.3 Å². The number of hydrogen-bond acceptors (Lipinski definition) is 1. The van der Waals surface area contributed by atoms with Crippen molar-refractivity contribution >= 4 is 21.9 Å². The molecule has 0 aliphatic heterocycles. The first-order valence-electron chi connectivity index (χ1n) is 3.67. The average Bonchev–Trinajstić information content (AvgIpc) is 1.85. The first-order valence-corrected chi connectivity index (χ1v) is 4.97. The number of hydrogen-bond donors (Lipinski definition) is 1. The second kappa shape index (κ2) is 6.89. The standard InChI is InChI=1S/C7H17PS/c1-2-4-7(8)5-3-6-9/h7,9H,2-6,8H2,1H3. The van der Waals surface area contributed by atoms with Gasteiger partial charge >= 0.3 is 0 Å². The Hall–Kier alpha value is 0.780. The van der Waals surface area contributed by atoms with Gasteiger partial charge in [-0.1, -0.05) is 13.3 Å². The molecule has 0 aromatic heterocycles. The first kappa shape index (κ1) is 9.78. The average molecular weight is 164 g/mol. The molecule has 0 bridgehead atoms. The Balaban J connectivity index is 2.95. The van der Waals surface area contributed by atoms with E-state index in [0.717, 1.165) is 11.4 Å². The SMILES string of the molecule is CCCC(P)CCCS. The summed E-state index contributed by atoms with van der Waals surface area (Å²) in [7, 11) is 2.89. The molecule has 0 fully saturated rings. The van der Waals surface area contributed by atoms with Gasteiger partial charge in [-0.05, 0) is 30.7 Å². The molecule has 56 valence electrons. The van der Waals surface area contributed by atoms with Gasteiger partial charge in [0.25, 0.3) is 0 Å². The van der Waals surface area contributed by atoms with Crippen molar-refractivity contribution in [3.8, 4) is 0 Å². The van der Waals surface area contributed by atoms with E-state index in [9.17, 15) is 0 Å². The van der Waals surface area contributed by atoms with Crippen molar-refractivity contribution in [1.29, 1.82) is 0 Å². The lowest BCUT2D eigenvalue weighted by Crippen LogP contribution is -1.96. The van der Waals surface area contributed by atoms with Gasteiger partial charge in [0.05, 0.1) is 0 Å². The van der Waals surface area contributed by atoms with Crippen LogP contribution in [-0.4, -0.2) is 11.4 Å². The molecule has 0 aliphatic carbocycles. The van der Waals surface area contributed by atoms with Gasteiger partial charge < -0.3 is 0 Å². The van der Waals surface area contributed by atoms with E-state index in [1.807, 2.05) is 0 Å². The highest BCUT2D eigenvalue weighted by atomic mass is 32.1. The molecule has 9 heavy (non-hydrogen) atoms. The van der Waals surface area contributed by atoms with E-state index in [4.69, 9.17) is 0 Å². The maximum absolute atomic E-state index is 4.15. The topological polar surface area (TPSA) is 0 Å². The fourth-order valence-corrected chi connectivity index (χ4v) is 1.62. The lowest BCUT2D eigenvalue weighted by Gasteiger charge is -2.06. The molecule has 2 unspecified atom stereocenters. The van der Waals surface area contributed by atoms with Crippen LogP contribution in [-0.2, 0) is 0 Å². The van der Waals surface area contributed by atoms with Gasteiger partial charge in [-0.25, -0.2) is 0 Å². The predicted molar refractivity (Wildman–Crippen MR) is 51.5 cm³/mol. The Morgan fingerprint density at radius 2 is 2.11 bits per heavy atom. The fourth-order valence-electron chi connectivity index (χ4n) is 0.869. The van der Waals surface area contributed by atoms with Crippen molar-refractivity contribution in [1.82, 2.24) is 0 Å². The lowest BCUT2D eigenvalue weighted by molar-refractivity contribution is 0.676. The van der Waals surface area contributed by atoms with Gasteiger partial charge in [0.1, 0.15) is 0 Å². The quantitative estimate of drug-likeness (QED) is 0.469. The fraction of sp³-hybridized carbons (Fsp3) is 1.00. The highest BCUT2D eigenvalue weighted by Crippen LogP contribution is 2.14. The van der Waals surface area contributed by atoms with E-state index in [1.54, 1.807) is 0 Å². The van der Waals surface area contributed by atoms with Crippen LogP contribution >= 0.6 is 21.9 Å². The van der Waals surface area contributed by atoms with E-state index in [2.05, 4.69) is 28.8 Å². The molecule has 0 amide bonds. The molecule has 0 saturated carbocycles. The van der Waals surface area contributed by atoms with E-state index in [0.29, 0.717) is 0 Å². The largest absolute Gasteiger partial charge is 0.179 e. The summed E-state index contributed by atoms with van der Waals surface area (Å²) in [5, 5.41) is 0. The molecular weight excluding hydrogens is 147 g/mol. The summed E-state index contributed by atoms with van der Waals surface area (Å²) in [4.78, 5) is 0. The minimum Gasteiger partial charge on any atom is -0.179 e. The van der Waals surface area contributed by atoms with Gasteiger partial charge in [-0.15, -0.1) is 9.24 Å². The van der Waals surface area contributed by atoms with Crippen molar-refractivity contribution in [3.63, 3.8) is 0 Å². The van der Waals surface area contributed by atoms with E-state index >= 15 is 0 Å². The zero-order valence-electron chi connectivity index (χ0n) is 6.14. The van der Waals surface area contributed by atoms with Crippen LogP contribution in [0.5, 0.6) is 0 Å². The Bertz CT molecular complexity index is 56.9. The summed E-state index contributed by atoms with van der Waals surface area (Å²) in [5.41, 5.74) is 0.835. The van der Waals surface area contributed by atoms with E-state index in [1.165, 1.54) is 25.7 Å². The van der Waals surface area contributed by atoms with Gasteiger partial charge in [0, 0.05) is 0 Å². The highest BCUT2D eigenvalue weighted by Gasteiger charge is 1.97. The smallest absolute Gasteiger partial charge is 0.00977 e. The molecule has 0 aromatic rings. The molecular formula is C7H17PS. The minimum atomic E-state index is 0.835. The zero-order valence-corrected chi connectivity index (χ0v) is 8.19. The Morgan fingerprint density at radius 3 is 2.56 bits per heavy atom. The van der Waals surface area contributed by atoms with Crippen LogP contribution in [0.3, 0.4) is 0 Å². The van der Waals surface area contributed by atoms with Crippen LogP contribution < -0.4 is 0 Å². The van der Waals surface area contributed by atoms with Gasteiger partial charge in [0.15, 0.2) is 0 Å². The number of thiol groups is 1. The predicted octanol–water partition coefficient (Wildman–Crippen LogP) is 2.74. The third kappa shape index (κ3) is 6.67. The summed E-state index contributed by atoms with van der Waals surface area (Å²) < 4.78 is 0. The highest BCUT2D eigenvalue weighted by molar-refractivity contribution is 7.80. The summed E-state index contributed by atoms with van der Waals surface area (Å²) >= 11 is 4.15. The van der Waals surface area contributed by atoms with Crippen LogP contribution in [0.4, 0.5) is 0 Å². The summed E-state index contributed by atoms with van der Waals surface area (Å²) in [6, 6.07) is 0. The maximum Gasteiger partial charge on any atom is -0.00977 e. The lowest BCUT2D eigenvalue weighted by atomic mass is 10.2. The molecule has 0 heterocycles. The Labute approximate surface area is 66.4 Å². The van der Waals surface area contributed by atoms with Crippen LogP contribution in [0, 0.1) is 0 Å². The third-order valence-corrected chi connectivity index (χ3v) is 2.38. The number of rotatable bonds is 5. The Kier molecular flexibility index (Phi) is 7.49. The summed E-state index contributed by atoms with van der Waals surface area (Å²) in [6.45, 7) is 2.23. The summed E-state index contributed by atoms with van der Waals surface area (Å²) in [5.74, 6) is 1.04. The molecule has 0 aromatic carbocycles. The van der Waals surface area contributed by atoms with Crippen LogP contribution in [0.15, 0.2) is 0 Å². The van der Waals surface area contributed by atoms with Crippen LogP contribution in [0.1, 0.15) is 32.6 Å². The molecule has 0 saturated heterocycles. The van der Waals surface area contributed by atoms with Crippen molar-refractivity contribution in [2.24, 2.45) is 0 Å². The molecule has 0 spiro atoms. The molecule has 0 rings (SSSR count). The zero-order chi connectivity index (χ0) is 7.11. The minimum absolute atomic E-state index is 0.835. The van der Waals surface area contributed by atoms with Gasteiger partial charge in [-0.3, -0.25) is 0 Å². The molecule has 0 nitrogen and oxygen atoms in total. The molecule has 0 N–H and O–H groups in total. The van der Waals surface area contributed by atoms with Gasteiger partial charge in [-0.2, -0.15) is 12.6 Å². The van der Waals surface area contributed by atoms with Crippen molar-refractivity contribution in [3.05, 3.63) is 0 Å². The van der Waals surface area contributed by atoms with Crippen molar-refractivity contribution in [2.75, 3.05) is 5.75 Å². The van der Waals surface area contributed by atoms with Crippen molar-refractivity contribution < 1.29 is 0 Å². The van der Waals surface area contributed by atoms with E-state index in [-0.39, 0.29) is 0 Å². The third-order valence-electron chi connectivity index (χ3n) is 1.39. The Morgan fingerprint density at radius 1 is 1.44 bits per heavy atom. The van der Waals surface area contributed by atoms with Gasteiger partial charge in [0.2, 0.25) is 0 Å². The van der Waals surface area contributed by atoms with E-state index < -0.39 is 0 Å². The maximum atomic E-state index is 4.15. The van der Waals surface area contributed by atoms with Crippen LogP contribution in [0.2, 0.25) is 0 Å². The summed E-state index contributed by atoms with van der Waals surface area (Å²) in [6.07, 6.45) is 5.23. The monoisotopic (exact) mass is 164 g/mol. The molecule has 2 heteroatoms. The van der Waals surface area contributed by atoms with Crippen LogP contribution in [0.25, 0.3) is 0 Å². The normalized spacial score (nSPS) is 13.7. The second-order valence-electron chi connectivity index (χ2n) is 2.41. The molecule has 0 aliphatic rings. The molecule has 0 radical (unpaired) electrons. The molecule has 2 atom stereocenters.